The van der Waals surface area contributed by atoms with Gasteiger partial charge in [-0.25, -0.2) is 4.98 Å². The molecule has 1 N–H and O–H groups in total. The van der Waals surface area contributed by atoms with Crippen LogP contribution in [0.15, 0.2) is 52.4 Å². The lowest BCUT2D eigenvalue weighted by Crippen LogP contribution is -2.36. The summed E-state index contributed by atoms with van der Waals surface area (Å²) in [7, 11) is 1.55. The van der Waals surface area contributed by atoms with E-state index in [9.17, 15) is 9.59 Å². The van der Waals surface area contributed by atoms with Gasteiger partial charge in [0.2, 0.25) is 5.91 Å². The largest absolute Gasteiger partial charge is 0.495 e. The van der Waals surface area contributed by atoms with Gasteiger partial charge >= 0.3 is 0 Å². The molecule has 9 heteroatoms. The zero-order chi connectivity index (χ0) is 22.7. The number of rotatable bonds is 7. The summed E-state index contributed by atoms with van der Waals surface area (Å²) in [5.41, 5.74) is 0.771. The number of methoxy groups -OCH3 is 1. The Balaban J connectivity index is 1.71. The van der Waals surface area contributed by atoms with Gasteiger partial charge in [0.1, 0.15) is 5.75 Å². The van der Waals surface area contributed by atoms with E-state index in [0.717, 1.165) is 19.4 Å². The molecule has 1 aliphatic rings. The van der Waals surface area contributed by atoms with E-state index in [1.807, 2.05) is 12.1 Å². The number of hydrogen-bond donors (Lipinski definition) is 1. The molecule has 0 saturated carbocycles. The average Bonchev–Trinajstić information content (AvgIpc) is 3.31. The third-order valence-electron chi connectivity index (χ3n) is 5.31. The first-order valence-corrected chi connectivity index (χ1v) is 11.7. The van der Waals surface area contributed by atoms with Crippen molar-refractivity contribution in [1.82, 2.24) is 14.9 Å². The molecule has 0 bridgehead atoms. The van der Waals surface area contributed by atoms with Crippen molar-refractivity contribution in [2.24, 2.45) is 0 Å². The molecule has 168 valence electrons. The molecule has 1 saturated heterocycles. The second-order valence-electron chi connectivity index (χ2n) is 7.51. The third kappa shape index (κ3) is 4.77. The highest BCUT2D eigenvalue weighted by Crippen LogP contribution is 2.29. The van der Waals surface area contributed by atoms with Crippen molar-refractivity contribution in [1.29, 1.82) is 0 Å². The molecule has 4 rings (SSSR count). The van der Waals surface area contributed by atoms with Crippen LogP contribution in [0, 0.1) is 0 Å². The van der Waals surface area contributed by atoms with Gasteiger partial charge in [0.25, 0.3) is 5.56 Å². The van der Waals surface area contributed by atoms with E-state index in [0.29, 0.717) is 39.1 Å². The van der Waals surface area contributed by atoms with E-state index >= 15 is 0 Å². The van der Waals surface area contributed by atoms with Crippen LogP contribution in [0.3, 0.4) is 0 Å². The lowest BCUT2D eigenvalue weighted by molar-refractivity contribution is -0.120. The predicted molar refractivity (Wildman–Crippen MR) is 126 cm³/mol. The van der Waals surface area contributed by atoms with E-state index in [2.05, 4.69) is 10.3 Å². The Labute approximate surface area is 195 Å². The Morgan fingerprint density at radius 3 is 2.94 bits per heavy atom. The summed E-state index contributed by atoms with van der Waals surface area (Å²) in [4.78, 5) is 30.9. The number of halogens is 1. The number of carbonyl (C=O) groups excluding carboxylic acids is 1. The van der Waals surface area contributed by atoms with E-state index in [-0.39, 0.29) is 17.6 Å². The zero-order valence-electron chi connectivity index (χ0n) is 17.8. The molecule has 1 aromatic heterocycles. The van der Waals surface area contributed by atoms with E-state index < -0.39 is 5.25 Å². The molecule has 2 aromatic carbocycles. The Kier molecular flexibility index (Phi) is 7.03. The van der Waals surface area contributed by atoms with Gasteiger partial charge in [-0.3, -0.25) is 14.2 Å². The van der Waals surface area contributed by atoms with Crippen LogP contribution >= 0.6 is 23.4 Å². The number of benzene rings is 2. The monoisotopic (exact) mass is 473 g/mol. The Bertz CT molecular complexity index is 1190. The van der Waals surface area contributed by atoms with Gasteiger partial charge in [-0.2, -0.15) is 0 Å². The smallest absolute Gasteiger partial charge is 0.266 e. The summed E-state index contributed by atoms with van der Waals surface area (Å²) in [6, 6.07) is 12.2. The first kappa shape index (κ1) is 22.6. The molecule has 32 heavy (non-hydrogen) atoms. The molecule has 0 aliphatic carbocycles. The van der Waals surface area contributed by atoms with Crippen LogP contribution in [-0.4, -0.2) is 47.1 Å². The number of thioether (sulfide) groups is 1. The van der Waals surface area contributed by atoms with Gasteiger partial charge in [-0.15, -0.1) is 0 Å². The number of fused-ring (bicyclic) bond motifs is 1. The van der Waals surface area contributed by atoms with E-state index in [4.69, 9.17) is 21.1 Å². The fourth-order valence-corrected chi connectivity index (χ4v) is 4.73. The fraction of sp³-hybridized carbons (Fsp3) is 0.348. The van der Waals surface area contributed by atoms with Crippen molar-refractivity contribution in [3.8, 4) is 11.4 Å². The summed E-state index contributed by atoms with van der Waals surface area (Å²) in [6.07, 6.45) is 2.02. The third-order valence-corrected chi connectivity index (χ3v) is 6.59. The van der Waals surface area contributed by atoms with Crippen LogP contribution in [0.5, 0.6) is 5.75 Å². The molecule has 0 spiro atoms. The minimum Gasteiger partial charge on any atom is -0.495 e. The van der Waals surface area contributed by atoms with Crippen molar-refractivity contribution in [2.45, 2.75) is 36.3 Å². The molecule has 2 unspecified atom stereocenters. The summed E-state index contributed by atoms with van der Waals surface area (Å²) in [5.74, 6) is 0.388. The van der Waals surface area contributed by atoms with Crippen LogP contribution in [0.2, 0.25) is 5.02 Å². The number of hydrogen-bond acceptors (Lipinski definition) is 6. The molecule has 3 aromatic rings. The maximum atomic E-state index is 13.5. The minimum atomic E-state index is -0.485. The molecule has 1 fully saturated rings. The molecule has 0 radical (unpaired) electrons. The molecular weight excluding hydrogens is 450 g/mol. The average molecular weight is 474 g/mol. The van der Waals surface area contributed by atoms with Crippen LogP contribution in [0.25, 0.3) is 16.6 Å². The minimum absolute atomic E-state index is 0.0591. The number of aromatic nitrogens is 2. The van der Waals surface area contributed by atoms with Gasteiger partial charge in [0, 0.05) is 18.2 Å². The van der Waals surface area contributed by atoms with Crippen molar-refractivity contribution >= 4 is 40.2 Å². The van der Waals surface area contributed by atoms with Gasteiger partial charge in [0.15, 0.2) is 5.16 Å². The van der Waals surface area contributed by atoms with Crippen LogP contribution < -0.4 is 15.6 Å². The number of para-hydroxylation sites is 2. The highest BCUT2D eigenvalue weighted by Gasteiger charge is 2.23. The first-order valence-electron chi connectivity index (χ1n) is 10.4. The van der Waals surface area contributed by atoms with Crippen molar-refractivity contribution < 1.29 is 14.3 Å². The highest BCUT2D eigenvalue weighted by molar-refractivity contribution is 8.00. The molecular formula is C23H24ClN3O4S. The molecule has 7 nitrogen and oxygen atoms in total. The lowest BCUT2D eigenvalue weighted by atomic mass is 10.2. The number of ether oxygens (including phenoxy) is 2. The lowest BCUT2D eigenvalue weighted by Gasteiger charge is -2.18. The maximum Gasteiger partial charge on any atom is 0.266 e. The summed E-state index contributed by atoms with van der Waals surface area (Å²) in [6.45, 7) is 3.00. The van der Waals surface area contributed by atoms with Gasteiger partial charge in [-0.05, 0) is 50.1 Å². The second kappa shape index (κ2) is 9.94. The van der Waals surface area contributed by atoms with Crippen molar-refractivity contribution in [3.05, 3.63) is 57.8 Å². The molecule has 2 heterocycles. The predicted octanol–water partition coefficient (Wildman–Crippen LogP) is 3.82. The Hall–Kier alpha value is -2.55. The first-order chi connectivity index (χ1) is 15.5. The quantitative estimate of drug-likeness (QED) is 0.415. The topological polar surface area (TPSA) is 82.4 Å². The second-order valence-corrected chi connectivity index (χ2v) is 9.25. The zero-order valence-corrected chi connectivity index (χ0v) is 19.4. The highest BCUT2D eigenvalue weighted by atomic mass is 35.5. The van der Waals surface area contributed by atoms with E-state index in [1.54, 1.807) is 44.4 Å². The molecule has 1 aliphatic heterocycles. The summed E-state index contributed by atoms with van der Waals surface area (Å²) in [5, 5.41) is 3.75. The number of carbonyl (C=O) groups is 1. The maximum absolute atomic E-state index is 13.5. The van der Waals surface area contributed by atoms with Crippen molar-refractivity contribution in [2.75, 3.05) is 20.3 Å². The van der Waals surface area contributed by atoms with Gasteiger partial charge in [0.05, 0.1) is 35.1 Å². The number of amides is 1. The number of nitrogens with one attached hydrogen (secondary N) is 1. The Morgan fingerprint density at radius 1 is 1.38 bits per heavy atom. The van der Waals surface area contributed by atoms with Crippen LogP contribution in [0.4, 0.5) is 0 Å². The van der Waals surface area contributed by atoms with Gasteiger partial charge in [-0.1, -0.05) is 35.5 Å². The summed E-state index contributed by atoms with van der Waals surface area (Å²) < 4.78 is 12.5. The SMILES string of the molecule is COc1ccccc1-n1c(SC(C)C(=O)NCC2CCCO2)nc2cc(Cl)ccc2c1=O. The van der Waals surface area contributed by atoms with E-state index in [1.165, 1.54) is 16.3 Å². The Morgan fingerprint density at radius 2 is 2.19 bits per heavy atom. The van der Waals surface area contributed by atoms with Gasteiger partial charge < -0.3 is 14.8 Å². The standard InChI is InChI=1S/C23H24ClN3O4S/c1-14(21(28)25-13-16-6-5-11-31-16)32-23-26-18-12-15(24)9-10-17(18)22(29)27(23)19-7-3-4-8-20(19)30-2/h3-4,7-10,12,14,16H,5-6,11,13H2,1-2H3,(H,25,28). The normalized spacial score (nSPS) is 16.8. The summed E-state index contributed by atoms with van der Waals surface area (Å²) >= 11 is 7.35. The van der Waals surface area contributed by atoms with Crippen molar-refractivity contribution in [3.63, 3.8) is 0 Å². The molecule has 2 atom stereocenters. The van der Waals surface area contributed by atoms with Crippen LogP contribution in [0.1, 0.15) is 19.8 Å². The fourth-order valence-electron chi connectivity index (χ4n) is 3.62. The molecule has 1 amide bonds. The van der Waals surface area contributed by atoms with Crippen LogP contribution in [-0.2, 0) is 9.53 Å². The number of nitrogens with zero attached hydrogens (tertiary/aromatic N) is 2.